The van der Waals surface area contributed by atoms with E-state index in [0.29, 0.717) is 11.3 Å². The third kappa shape index (κ3) is 4.75. The third-order valence-corrected chi connectivity index (χ3v) is 2.99. The molecule has 0 aromatic heterocycles. The van der Waals surface area contributed by atoms with Gasteiger partial charge in [-0.2, -0.15) is 5.26 Å². The first-order chi connectivity index (χ1) is 8.67. The Labute approximate surface area is 109 Å². The van der Waals surface area contributed by atoms with Gasteiger partial charge in [0.2, 0.25) is 0 Å². The maximum Gasteiger partial charge on any atom is 0.147 e. The van der Waals surface area contributed by atoms with Crippen LogP contribution in [0.2, 0.25) is 0 Å². The summed E-state index contributed by atoms with van der Waals surface area (Å²) in [5, 5.41) is 11.8. The van der Waals surface area contributed by atoms with Crippen molar-refractivity contribution in [3.63, 3.8) is 0 Å². The molecule has 0 saturated carbocycles. The third-order valence-electron chi connectivity index (χ3n) is 2.99. The standard InChI is InChI=1S/C15H21FN2/c1-3-4-5-6-7-12(2)18-15-9-8-13(11-17)10-14(15)16/h8-10,12,18H,3-7H2,1-2H3. The Hall–Kier alpha value is -1.56. The van der Waals surface area contributed by atoms with Crippen LogP contribution in [0, 0.1) is 17.1 Å². The number of hydrogen-bond donors (Lipinski definition) is 1. The first-order valence-electron chi connectivity index (χ1n) is 6.63. The van der Waals surface area contributed by atoms with E-state index in [9.17, 15) is 4.39 Å². The van der Waals surface area contributed by atoms with Crippen LogP contribution >= 0.6 is 0 Å². The Kier molecular flexibility index (Phi) is 6.21. The number of hydrogen-bond acceptors (Lipinski definition) is 2. The summed E-state index contributed by atoms with van der Waals surface area (Å²) >= 11 is 0. The lowest BCUT2D eigenvalue weighted by Crippen LogP contribution is -2.15. The van der Waals surface area contributed by atoms with Crippen molar-refractivity contribution in [2.24, 2.45) is 0 Å². The molecular formula is C15H21FN2. The van der Waals surface area contributed by atoms with Crippen LogP contribution in [0.1, 0.15) is 51.5 Å². The molecule has 1 aromatic rings. The van der Waals surface area contributed by atoms with Crippen molar-refractivity contribution in [1.29, 1.82) is 5.26 Å². The Morgan fingerprint density at radius 2 is 2.11 bits per heavy atom. The summed E-state index contributed by atoms with van der Waals surface area (Å²) < 4.78 is 13.6. The van der Waals surface area contributed by atoms with Gasteiger partial charge in [0.1, 0.15) is 5.82 Å². The number of anilines is 1. The van der Waals surface area contributed by atoms with Crippen LogP contribution in [0.3, 0.4) is 0 Å². The topological polar surface area (TPSA) is 35.8 Å². The van der Waals surface area contributed by atoms with Gasteiger partial charge < -0.3 is 5.32 Å². The Balaban J connectivity index is 2.44. The molecule has 2 nitrogen and oxygen atoms in total. The van der Waals surface area contributed by atoms with Gasteiger partial charge in [-0.15, -0.1) is 0 Å². The van der Waals surface area contributed by atoms with Gasteiger partial charge in [0.15, 0.2) is 0 Å². The highest BCUT2D eigenvalue weighted by Gasteiger charge is 2.07. The maximum absolute atomic E-state index is 13.6. The quantitative estimate of drug-likeness (QED) is 0.723. The van der Waals surface area contributed by atoms with Gasteiger partial charge in [-0.3, -0.25) is 0 Å². The number of halogens is 1. The van der Waals surface area contributed by atoms with Gasteiger partial charge in [0.25, 0.3) is 0 Å². The van der Waals surface area contributed by atoms with Gasteiger partial charge in [-0.25, -0.2) is 4.39 Å². The Morgan fingerprint density at radius 3 is 2.72 bits per heavy atom. The first kappa shape index (κ1) is 14.5. The second-order valence-corrected chi connectivity index (χ2v) is 4.70. The van der Waals surface area contributed by atoms with Crippen LogP contribution in [-0.2, 0) is 0 Å². The summed E-state index contributed by atoms with van der Waals surface area (Å²) in [5.41, 5.74) is 0.839. The van der Waals surface area contributed by atoms with Gasteiger partial charge in [0.05, 0.1) is 17.3 Å². The van der Waals surface area contributed by atoms with Crippen molar-refractivity contribution in [3.05, 3.63) is 29.6 Å². The average molecular weight is 248 g/mol. The van der Waals surface area contributed by atoms with E-state index in [2.05, 4.69) is 19.2 Å². The van der Waals surface area contributed by atoms with Gasteiger partial charge in [-0.05, 0) is 31.5 Å². The summed E-state index contributed by atoms with van der Waals surface area (Å²) in [7, 11) is 0. The molecule has 0 saturated heterocycles. The van der Waals surface area contributed by atoms with E-state index < -0.39 is 0 Å². The predicted octanol–water partition coefficient (Wildman–Crippen LogP) is 4.47. The van der Waals surface area contributed by atoms with Crippen molar-refractivity contribution >= 4 is 5.69 Å². The van der Waals surface area contributed by atoms with Crippen molar-refractivity contribution in [2.45, 2.75) is 52.0 Å². The molecule has 1 N–H and O–H groups in total. The average Bonchev–Trinajstić information content (AvgIpc) is 2.37. The molecule has 0 aliphatic rings. The number of rotatable bonds is 7. The van der Waals surface area contributed by atoms with Crippen molar-refractivity contribution < 1.29 is 4.39 Å². The zero-order chi connectivity index (χ0) is 13.4. The molecule has 3 heteroatoms. The highest BCUT2D eigenvalue weighted by atomic mass is 19.1. The van der Waals surface area contributed by atoms with E-state index in [0.717, 1.165) is 6.42 Å². The first-order valence-corrected chi connectivity index (χ1v) is 6.63. The monoisotopic (exact) mass is 248 g/mol. The number of unbranched alkanes of at least 4 members (excludes halogenated alkanes) is 3. The Bertz CT molecular complexity index is 409. The summed E-state index contributed by atoms with van der Waals surface area (Å²) in [4.78, 5) is 0. The summed E-state index contributed by atoms with van der Waals surface area (Å²) in [6, 6.07) is 6.72. The van der Waals surface area contributed by atoms with E-state index in [1.165, 1.54) is 31.7 Å². The van der Waals surface area contributed by atoms with Crippen molar-refractivity contribution in [1.82, 2.24) is 0 Å². The molecule has 1 unspecified atom stereocenters. The van der Waals surface area contributed by atoms with Crippen LogP contribution in [0.15, 0.2) is 18.2 Å². The minimum atomic E-state index is -0.352. The summed E-state index contributed by atoms with van der Waals surface area (Å²) in [6.07, 6.45) is 5.93. The zero-order valence-electron chi connectivity index (χ0n) is 11.2. The van der Waals surface area contributed by atoms with Crippen LogP contribution in [0.4, 0.5) is 10.1 Å². The molecule has 18 heavy (non-hydrogen) atoms. The number of benzene rings is 1. The van der Waals surface area contributed by atoms with E-state index in [4.69, 9.17) is 5.26 Å². The predicted molar refractivity (Wildman–Crippen MR) is 73.0 cm³/mol. The highest BCUT2D eigenvalue weighted by molar-refractivity contribution is 5.49. The van der Waals surface area contributed by atoms with Crippen LogP contribution in [0.25, 0.3) is 0 Å². The van der Waals surface area contributed by atoms with Crippen LogP contribution in [-0.4, -0.2) is 6.04 Å². The van der Waals surface area contributed by atoms with Crippen molar-refractivity contribution in [2.75, 3.05) is 5.32 Å². The van der Waals surface area contributed by atoms with E-state index in [-0.39, 0.29) is 11.9 Å². The lowest BCUT2D eigenvalue weighted by Gasteiger charge is -2.15. The molecule has 0 radical (unpaired) electrons. The molecule has 1 aromatic carbocycles. The smallest absolute Gasteiger partial charge is 0.147 e. The van der Waals surface area contributed by atoms with Crippen LogP contribution in [0.5, 0.6) is 0 Å². The largest absolute Gasteiger partial charge is 0.380 e. The molecule has 0 heterocycles. The molecule has 1 rings (SSSR count). The minimum Gasteiger partial charge on any atom is -0.380 e. The molecule has 0 fully saturated rings. The number of nitriles is 1. The minimum absolute atomic E-state index is 0.254. The fourth-order valence-corrected chi connectivity index (χ4v) is 1.92. The summed E-state index contributed by atoms with van der Waals surface area (Å²) in [5.74, 6) is -0.352. The van der Waals surface area contributed by atoms with Crippen molar-refractivity contribution in [3.8, 4) is 6.07 Å². The lowest BCUT2D eigenvalue weighted by atomic mass is 10.1. The summed E-state index contributed by atoms with van der Waals surface area (Å²) in [6.45, 7) is 4.25. The molecule has 0 spiro atoms. The van der Waals surface area contributed by atoms with Gasteiger partial charge in [-0.1, -0.05) is 32.6 Å². The molecule has 0 aliphatic carbocycles. The van der Waals surface area contributed by atoms with E-state index >= 15 is 0 Å². The zero-order valence-corrected chi connectivity index (χ0v) is 11.2. The second kappa shape index (κ2) is 7.71. The highest BCUT2D eigenvalue weighted by Crippen LogP contribution is 2.18. The van der Waals surface area contributed by atoms with E-state index in [1.54, 1.807) is 12.1 Å². The fourth-order valence-electron chi connectivity index (χ4n) is 1.92. The molecule has 0 bridgehead atoms. The normalized spacial score (nSPS) is 11.9. The van der Waals surface area contributed by atoms with Crippen LogP contribution < -0.4 is 5.32 Å². The molecule has 1 atom stereocenters. The van der Waals surface area contributed by atoms with Gasteiger partial charge >= 0.3 is 0 Å². The molecular weight excluding hydrogens is 227 g/mol. The molecule has 0 aliphatic heterocycles. The number of nitrogens with one attached hydrogen (secondary N) is 1. The second-order valence-electron chi connectivity index (χ2n) is 4.70. The van der Waals surface area contributed by atoms with Gasteiger partial charge in [0, 0.05) is 6.04 Å². The molecule has 98 valence electrons. The van der Waals surface area contributed by atoms with E-state index in [1.807, 2.05) is 6.07 Å². The maximum atomic E-state index is 13.6. The fraction of sp³-hybridized carbons (Fsp3) is 0.533. The Morgan fingerprint density at radius 1 is 1.33 bits per heavy atom. The SMILES string of the molecule is CCCCCCC(C)Nc1ccc(C#N)cc1F. The molecule has 0 amide bonds. The number of nitrogens with zero attached hydrogens (tertiary/aromatic N) is 1. The lowest BCUT2D eigenvalue weighted by molar-refractivity contribution is 0.585.